The molecular formula is C24H28N2O4S. The molecule has 3 aliphatic rings. The van der Waals surface area contributed by atoms with Gasteiger partial charge in [-0.05, 0) is 60.8 Å². The van der Waals surface area contributed by atoms with Crippen molar-refractivity contribution in [3.63, 3.8) is 0 Å². The Kier molecular flexibility index (Phi) is 4.68. The number of nitrogens with zero attached hydrogens (tertiary/aromatic N) is 2. The van der Waals surface area contributed by atoms with Gasteiger partial charge in [0.1, 0.15) is 0 Å². The minimum atomic E-state index is -3.37. The number of piperidine rings is 1. The first-order valence-electron chi connectivity index (χ1n) is 10.8. The van der Waals surface area contributed by atoms with Crippen LogP contribution in [0.2, 0.25) is 0 Å². The lowest BCUT2D eigenvalue weighted by molar-refractivity contribution is 0.232. The third-order valence-corrected chi connectivity index (χ3v) is 8.60. The molecule has 2 aromatic rings. The van der Waals surface area contributed by atoms with E-state index in [2.05, 4.69) is 4.90 Å². The van der Waals surface area contributed by atoms with Crippen molar-refractivity contribution in [2.45, 2.75) is 30.6 Å². The fraction of sp³-hybridized carbons (Fsp3) is 0.458. The highest BCUT2D eigenvalue weighted by molar-refractivity contribution is 7.90. The number of sulfone groups is 1. The number of benzene rings is 1. The SMILES string of the molecule is Cn1cc(-c2cc(S(C)(=O)=O)ccc2N2CCC3(CC2)CC3CO)c2c(c1=O)CC=C2. The molecule has 1 saturated carbocycles. The smallest absolute Gasteiger partial charge is 0.254 e. The van der Waals surface area contributed by atoms with Crippen molar-refractivity contribution in [1.82, 2.24) is 4.57 Å². The van der Waals surface area contributed by atoms with Crippen LogP contribution in [0.3, 0.4) is 0 Å². The average Bonchev–Trinajstić information content (AvgIpc) is 3.18. The predicted molar refractivity (Wildman–Crippen MR) is 122 cm³/mol. The average molecular weight is 441 g/mol. The van der Waals surface area contributed by atoms with Crippen LogP contribution in [0, 0.1) is 11.3 Å². The van der Waals surface area contributed by atoms with Crippen LogP contribution >= 0.6 is 0 Å². The predicted octanol–water partition coefficient (Wildman–Crippen LogP) is 2.62. The second-order valence-electron chi connectivity index (χ2n) is 9.34. The fourth-order valence-corrected chi connectivity index (χ4v) is 6.09. The molecule has 1 aromatic heterocycles. The molecule has 6 nitrogen and oxygen atoms in total. The summed E-state index contributed by atoms with van der Waals surface area (Å²) in [6, 6.07) is 5.36. The van der Waals surface area contributed by atoms with Gasteiger partial charge in [0.15, 0.2) is 9.84 Å². The van der Waals surface area contributed by atoms with Gasteiger partial charge >= 0.3 is 0 Å². The molecule has 1 N–H and O–H groups in total. The molecule has 7 heteroatoms. The van der Waals surface area contributed by atoms with E-state index in [-0.39, 0.29) is 17.1 Å². The summed E-state index contributed by atoms with van der Waals surface area (Å²) < 4.78 is 26.2. The molecular weight excluding hydrogens is 412 g/mol. The van der Waals surface area contributed by atoms with E-state index in [1.54, 1.807) is 23.7 Å². The Balaban J connectivity index is 1.62. The Morgan fingerprint density at radius 2 is 1.94 bits per heavy atom. The number of aliphatic hydroxyl groups is 1. The van der Waals surface area contributed by atoms with Gasteiger partial charge in [-0.3, -0.25) is 4.79 Å². The summed E-state index contributed by atoms with van der Waals surface area (Å²) >= 11 is 0. The van der Waals surface area contributed by atoms with E-state index in [1.807, 2.05) is 24.4 Å². The molecule has 31 heavy (non-hydrogen) atoms. The van der Waals surface area contributed by atoms with Gasteiger partial charge in [-0.1, -0.05) is 12.2 Å². The Morgan fingerprint density at radius 3 is 2.58 bits per heavy atom. The Labute approximate surface area is 182 Å². The maximum absolute atomic E-state index is 12.6. The number of hydrogen-bond acceptors (Lipinski definition) is 5. The summed E-state index contributed by atoms with van der Waals surface area (Å²) in [5.41, 5.74) is 4.69. The zero-order valence-corrected chi connectivity index (χ0v) is 18.8. The molecule has 1 unspecified atom stereocenters. The van der Waals surface area contributed by atoms with Crippen molar-refractivity contribution in [2.75, 3.05) is 30.9 Å². The molecule has 1 spiro atoms. The van der Waals surface area contributed by atoms with Crippen LogP contribution in [-0.4, -0.2) is 44.0 Å². The van der Waals surface area contributed by atoms with Crippen LogP contribution in [0.5, 0.6) is 0 Å². The van der Waals surface area contributed by atoms with Crippen LogP contribution < -0.4 is 10.5 Å². The molecule has 2 heterocycles. The van der Waals surface area contributed by atoms with E-state index in [1.165, 1.54) is 6.26 Å². The number of aryl methyl sites for hydroxylation is 1. The molecule has 1 aromatic carbocycles. The molecule has 2 aliphatic carbocycles. The number of aromatic nitrogens is 1. The first-order valence-corrected chi connectivity index (χ1v) is 12.7. The highest BCUT2D eigenvalue weighted by atomic mass is 32.2. The van der Waals surface area contributed by atoms with Gasteiger partial charge in [0.05, 0.1) is 4.90 Å². The van der Waals surface area contributed by atoms with Gasteiger partial charge in [0.2, 0.25) is 0 Å². The van der Waals surface area contributed by atoms with E-state index in [4.69, 9.17) is 0 Å². The zero-order chi connectivity index (χ0) is 22.0. The van der Waals surface area contributed by atoms with E-state index < -0.39 is 9.84 Å². The third-order valence-electron chi connectivity index (χ3n) is 7.49. The number of allylic oxidation sites excluding steroid dienone is 1. The van der Waals surface area contributed by atoms with Crippen molar-refractivity contribution < 1.29 is 13.5 Å². The molecule has 1 atom stereocenters. The van der Waals surface area contributed by atoms with Crippen molar-refractivity contribution in [3.05, 3.63) is 52.0 Å². The van der Waals surface area contributed by atoms with Gasteiger partial charge in [0.25, 0.3) is 5.56 Å². The Hall–Kier alpha value is -2.38. The van der Waals surface area contributed by atoms with Gasteiger partial charge in [-0.2, -0.15) is 0 Å². The number of aliphatic hydroxyl groups excluding tert-OH is 1. The molecule has 1 saturated heterocycles. The highest BCUT2D eigenvalue weighted by Crippen LogP contribution is 2.59. The van der Waals surface area contributed by atoms with E-state index in [0.717, 1.165) is 60.3 Å². The molecule has 2 fully saturated rings. The topological polar surface area (TPSA) is 79.6 Å². The first kappa shape index (κ1) is 20.5. The van der Waals surface area contributed by atoms with Crippen molar-refractivity contribution in [3.8, 4) is 11.1 Å². The molecule has 1 aliphatic heterocycles. The van der Waals surface area contributed by atoms with Crippen molar-refractivity contribution in [1.29, 1.82) is 0 Å². The van der Waals surface area contributed by atoms with Crippen LogP contribution in [0.1, 0.15) is 30.4 Å². The summed E-state index contributed by atoms with van der Waals surface area (Å²) in [6.07, 6.45) is 10.8. The summed E-state index contributed by atoms with van der Waals surface area (Å²) in [7, 11) is -1.62. The third kappa shape index (κ3) is 3.34. The number of hydrogen-bond donors (Lipinski definition) is 1. The first-order chi connectivity index (χ1) is 14.7. The van der Waals surface area contributed by atoms with Crippen LogP contribution in [-0.2, 0) is 23.3 Å². The van der Waals surface area contributed by atoms with Gasteiger partial charge in [0, 0.05) is 61.6 Å². The van der Waals surface area contributed by atoms with E-state index in [0.29, 0.717) is 17.8 Å². The van der Waals surface area contributed by atoms with Gasteiger partial charge in [-0.25, -0.2) is 8.42 Å². The Morgan fingerprint density at radius 1 is 1.19 bits per heavy atom. The lowest BCUT2D eigenvalue weighted by Crippen LogP contribution is -2.35. The highest BCUT2D eigenvalue weighted by Gasteiger charge is 2.54. The zero-order valence-electron chi connectivity index (χ0n) is 18.0. The summed E-state index contributed by atoms with van der Waals surface area (Å²) in [5.74, 6) is 0.429. The number of rotatable bonds is 4. The maximum Gasteiger partial charge on any atom is 0.254 e. The normalized spacial score (nSPS) is 21.5. The van der Waals surface area contributed by atoms with Crippen LogP contribution in [0.25, 0.3) is 17.2 Å². The Bertz CT molecular complexity index is 1250. The summed E-state index contributed by atoms with van der Waals surface area (Å²) in [5, 5.41) is 9.54. The minimum Gasteiger partial charge on any atom is -0.396 e. The molecule has 164 valence electrons. The summed E-state index contributed by atoms with van der Waals surface area (Å²) in [4.78, 5) is 15.2. The fourth-order valence-electron chi connectivity index (χ4n) is 5.44. The van der Waals surface area contributed by atoms with Gasteiger partial charge < -0.3 is 14.6 Å². The standard InChI is InChI=1S/C24H28N2O4S/c1-25-14-21(18-4-3-5-19(18)23(25)28)20-12-17(31(2,29)30)6-7-22(20)26-10-8-24(9-11-26)13-16(24)15-27/h3-4,6-7,12,14,16,27H,5,8-11,13,15H2,1-2H3. The largest absolute Gasteiger partial charge is 0.396 e. The molecule has 0 bridgehead atoms. The summed E-state index contributed by atoms with van der Waals surface area (Å²) in [6.45, 7) is 2.03. The minimum absolute atomic E-state index is 0.00624. The lowest BCUT2D eigenvalue weighted by atomic mass is 9.89. The quantitative estimate of drug-likeness (QED) is 0.791. The van der Waals surface area contributed by atoms with E-state index >= 15 is 0 Å². The second-order valence-corrected chi connectivity index (χ2v) is 11.4. The lowest BCUT2D eigenvalue weighted by Gasteiger charge is -2.36. The monoisotopic (exact) mass is 440 g/mol. The van der Waals surface area contributed by atoms with Crippen molar-refractivity contribution >= 4 is 21.6 Å². The maximum atomic E-state index is 12.6. The molecule has 0 amide bonds. The molecule has 5 rings (SSSR count). The van der Waals surface area contributed by atoms with E-state index in [9.17, 15) is 18.3 Å². The molecule has 0 radical (unpaired) electrons. The van der Waals surface area contributed by atoms with Crippen LogP contribution in [0.15, 0.2) is 40.2 Å². The number of pyridine rings is 1. The van der Waals surface area contributed by atoms with Gasteiger partial charge in [-0.15, -0.1) is 0 Å². The number of anilines is 1. The van der Waals surface area contributed by atoms with Crippen molar-refractivity contribution in [2.24, 2.45) is 18.4 Å². The van der Waals surface area contributed by atoms with Crippen LogP contribution in [0.4, 0.5) is 5.69 Å². The second kappa shape index (κ2) is 7.07. The number of fused-ring (bicyclic) bond motifs is 1.